The fourth-order valence-corrected chi connectivity index (χ4v) is 3.12. The molecular weight excluding hydrogens is 390 g/mol. The van der Waals surface area contributed by atoms with E-state index in [2.05, 4.69) is 27.3 Å². The molecule has 2 aromatic carbocycles. The summed E-state index contributed by atoms with van der Waals surface area (Å²) in [6, 6.07) is 19.3. The lowest BCUT2D eigenvalue weighted by molar-refractivity contribution is 0.0949. The quantitative estimate of drug-likeness (QED) is 0.510. The molecule has 0 saturated carbocycles. The van der Waals surface area contributed by atoms with Crippen molar-refractivity contribution in [1.82, 2.24) is 15.2 Å². The van der Waals surface area contributed by atoms with Crippen LogP contribution in [0.15, 0.2) is 73.1 Å². The molecule has 0 fully saturated rings. The average molecular weight is 420 g/mol. The van der Waals surface area contributed by atoms with Crippen LogP contribution < -0.4 is 14.8 Å². The van der Waals surface area contributed by atoms with E-state index in [1.807, 2.05) is 44.3 Å². The molecule has 3 aromatic rings. The summed E-state index contributed by atoms with van der Waals surface area (Å²) in [4.78, 5) is 18.9. The number of benzene rings is 2. The summed E-state index contributed by atoms with van der Waals surface area (Å²) >= 11 is 0. The molecular formula is C25H29N3O3. The summed E-state index contributed by atoms with van der Waals surface area (Å²) in [5.74, 6) is 1.03. The molecule has 1 aromatic heterocycles. The van der Waals surface area contributed by atoms with Crippen LogP contribution in [0.5, 0.6) is 11.5 Å². The zero-order valence-corrected chi connectivity index (χ0v) is 18.1. The molecule has 0 saturated heterocycles. The molecule has 6 nitrogen and oxygen atoms in total. The molecule has 3 rings (SSSR count). The van der Waals surface area contributed by atoms with Crippen LogP contribution in [0, 0.1) is 0 Å². The molecule has 0 aliphatic carbocycles. The number of nitrogens with zero attached hydrogens (tertiary/aromatic N) is 2. The molecule has 0 radical (unpaired) electrons. The number of hydrogen-bond acceptors (Lipinski definition) is 5. The third kappa shape index (κ3) is 7.12. The zero-order valence-electron chi connectivity index (χ0n) is 18.1. The van der Waals surface area contributed by atoms with E-state index < -0.39 is 0 Å². The highest BCUT2D eigenvalue weighted by Gasteiger charge is 2.12. The van der Waals surface area contributed by atoms with Crippen molar-refractivity contribution in [3.8, 4) is 11.5 Å². The maximum atomic E-state index is 12.6. The van der Waals surface area contributed by atoms with Crippen molar-refractivity contribution in [2.24, 2.45) is 0 Å². The number of amides is 1. The second-order valence-electron chi connectivity index (χ2n) is 7.22. The van der Waals surface area contributed by atoms with E-state index in [0.717, 1.165) is 18.7 Å². The predicted molar refractivity (Wildman–Crippen MR) is 121 cm³/mol. The summed E-state index contributed by atoms with van der Waals surface area (Å²) in [5.41, 5.74) is 2.76. The third-order valence-electron chi connectivity index (χ3n) is 4.70. The SMILES string of the molecule is CCOc1cc(C(=O)NCCN(C)Cc2ccccc2)ccc1OCc1cccnc1. The summed E-state index contributed by atoms with van der Waals surface area (Å²) in [6.07, 6.45) is 3.49. The average Bonchev–Trinajstić information content (AvgIpc) is 2.79. The van der Waals surface area contributed by atoms with E-state index >= 15 is 0 Å². The van der Waals surface area contributed by atoms with Crippen molar-refractivity contribution in [2.75, 3.05) is 26.7 Å². The Morgan fingerprint density at radius 3 is 2.55 bits per heavy atom. The first-order valence-corrected chi connectivity index (χ1v) is 10.4. The van der Waals surface area contributed by atoms with Gasteiger partial charge in [-0.05, 0) is 43.8 Å². The van der Waals surface area contributed by atoms with Gasteiger partial charge in [0, 0.05) is 43.2 Å². The van der Waals surface area contributed by atoms with E-state index in [-0.39, 0.29) is 5.91 Å². The van der Waals surface area contributed by atoms with Gasteiger partial charge in [0.1, 0.15) is 6.61 Å². The van der Waals surface area contributed by atoms with E-state index in [1.54, 1.807) is 30.6 Å². The second-order valence-corrected chi connectivity index (χ2v) is 7.22. The molecule has 1 N–H and O–H groups in total. The van der Waals surface area contributed by atoms with E-state index in [9.17, 15) is 4.79 Å². The van der Waals surface area contributed by atoms with Crippen LogP contribution in [-0.4, -0.2) is 42.5 Å². The Hall–Kier alpha value is -3.38. The smallest absolute Gasteiger partial charge is 0.251 e. The molecule has 0 aliphatic heterocycles. The maximum absolute atomic E-state index is 12.6. The number of carbonyl (C=O) groups excluding carboxylic acids is 1. The van der Waals surface area contributed by atoms with E-state index in [4.69, 9.17) is 9.47 Å². The first-order chi connectivity index (χ1) is 15.2. The highest BCUT2D eigenvalue weighted by atomic mass is 16.5. The lowest BCUT2D eigenvalue weighted by Crippen LogP contribution is -2.32. The molecule has 0 spiro atoms. The Balaban J connectivity index is 1.53. The first-order valence-electron chi connectivity index (χ1n) is 10.4. The highest BCUT2D eigenvalue weighted by molar-refractivity contribution is 5.94. The van der Waals surface area contributed by atoms with Crippen LogP contribution >= 0.6 is 0 Å². The minimum absolute atomic E-state index is 0.132. The number of rotatable bonds is 11. The number of pyridine rings is 1. The summed E-state index contributed by atoms with van der Waals surface area (Å²) in [7, 11) is 2.04. The predicted octanol–water partition coefficient (Wildman–Crippen LogP) is 3.92. The van der Waals surface area contributed by atoms with Crippen LogP contribution in [0.4, 0.5) is 0 Å². The Kier molecular flexibility index (Phi) is 8.43. The maximum Gasteiger partial charge on any atom is 0.251 e. The van der Waals surface area contributed by atoms with Crippen LogP contribution in [0.1, 0.15) is 28.4 Å². The van der Waals surface area contributed by atoms with Gasteiger partial charge in [-0.1, -0.05) is 36.4 Å². The van der Waals surface area contributed by atoms with Gasteiger partial charge in [0.15, 0.2) is 11.5 Å². The fourth-order valence-electron chi connectivity index (χ4n) is 3.12. The molecule has 162 valence electrons. The van der Waals surface area contributed by atoms with Gasteiger partial charge in [-0.2, -0.15) is 0 Å². The Morgan fingerprint density at radius 1 is 1.00 bits per heavy atom. The monoisotopic (exact) mass is 419 g/mol. The van der Waals surface area contributed by atoms with Gasteiger partial charge in [0.25, 0.3) is 5.91 Å². The van der Waals surface area contributed by atoms with Gasteiger partial charge in [-0.25, -0.2) is 0 Å². The highest BCUT2D eigenvalue weighted by Crippen LogP contribution is 2.29. The van der Waals surface area contributed by atoms with Crippen molar-refractivity contribution in [2.45, 2.75) is 20.1 Å². The zero-order chi connectivity index (χ0) is 21.9. The molecule has 6 heteroatoms. The lowest BCUT2D eigenvalue weighted by atomic mass is 10.2. The molecule has 0 atom stereocenters. The van der Waals surface area contributed by atoms with Gasteiger partial charge >= 0.3 is 0 Å². The van der Waals surface area contributed by atoms with Crippen LogP contribution in [0.3, 0.4) is 0 Å². The third-order valence-corrected chi connectivity index (χ3v) is 4.70. The first kappa shape index (κ1) is 22.3. The minimum atomic E-state index is -0.132. The minimum Gasteiger partial charge on any atom is -0.490 e. The molecule has 0 aliphatic rings. The standard InChI is InChI=1S/C25H29N3O3/c1-3-30-24-16-22(11-12-23(24)31-19-21-10-7-13-26-17-21)25(29)27-14-15-28(2)18-20-8-5-4-6-9-20/h4-13,16-17H,3,14-15,18-19H2,1-2H3,(H,27,29). The van der Waals surface area contributed by atoms with Crippen LogP contribution in [-0.2, 0) is 13.2 Å². The Bertz CT molecular complexity index is 949. The van der Waals surface area contributed by atoms with Crippen molar-refractivity contribution >= 4 is 5.91 Å². The summed E-state index contributed by atoms with van der Waals surface area (Å²) < 4.78 is 11.6. The van der Waals surface area contributed by atoms with Gasteiger partial charge in [0.2, 0.25) is 0 Å². The number of aromatic nitrogens is 1. The van der Waals surface area contributed by atoms with Gasteiger partial charge in [-0.3, -0.25) is 9.78 Å². The number of hydrogen-bond donors (Lipinski definition) is 1. The normalized spacial score (nSPS) is 10.7. The topological polar surface area (TPSA) is 63.7 Å². The number of nitrogens with one attached hydrogen (secondary N) is 1. The van der Waals surface area contributed by atoms with Crippen molar-refractivity contribution < 1.29 is 14.3 Å². The Labute approximate surface area is 183 Å². The Morgan fingerprint density at radius 2 is 1.81 bits per heavy atom. The van der Waals surface area contributed by atoms with Gasteiger partial charge < -0.3 is 19.7 Å². The van der Waals surface area contributed by atoms with Crippen molar-refractivity contribution in [1.29, 1.82) is 0 Å². The lowest BCUT2D eigenvalue weighted by Gasteiger charge is -2.17. The van der Waals surface area contributed by atoms with Crippen molar-refractivity contribution in [3.63, 3.8) is 0 Å². The van der Waals surface area contributed by atoms with Crippen molar-refractivity contribution in [3.05, 3.63) is 89.7 Å². The van der Waals surface area contributed by atoms with E-state index in [1.165, 1.54) is 5.56 Å². The number of ether oxygens (including phenoxy) is 2. The number of carbonyl (C=O) groups is 1. The van der Waals surface area contributed by atoms with Crippen LogP contribution in [0.25, 0.3) is 0 Å². The number of likely N-dealkylation sites (N-methyl/N-ethyl adjacent to an activating group) is 1. The van der Waals surface area contributed by atoms with Gasteiger partial charge in [0.05, 0.1) is 6.61 Å². The van der Waals surface area contributed by atoms with Crippen LogP contribution in [0.2, 0.25) is 0 Å². The summed E-state index contributed by atoms with van der Waals surface area (Å²) in [6.45, 7) is 4.93. The second kappa shape index (κ2) is 11.7. The van der Waals surface area contributed by atoms with E-state index in [0.29, 0.717) is 36.8 Å². The van der Waals surface area contributed by atoms with Gasteiger partial charge in [-0.15, -0.1) is 0 Å². The molecule has 0 bridgehead atoms. The molecule has 0 unspecified atom stereocenters. The molecule has 31 heavy (non-hydrogen) atoms. The fraction of sp³-hybridized carbons (Fsp3) is 0.280. The molecule has 1 amide bonds. The molecule has 1 heterocycles. The largest absolute Gasteiger partial charge is 0.490 e. The summed E-state index contributed by atoms with van der Waals surface area (Å²) in [5, 5.41) is 2.98.